The number of benzene rings is 3. The molecule has 3 aromatic carbocycles. The SMILES string of the molecule is CC(NC(Br)c1ccc2ccccc2c1)C(O)c1ccccc1.Cl. The average Bonchev–Trinajstić information content (AvgIpc) is 2.61. The van der Waals surface area contributed by atoms with E-state index in [1.165, 1.54) is 10.8 Å². The fourth-order valence-electron chi connectivity index (χ4n) is 2.72. The van der Waals surface area contributed by atoms with Gasteiger partial charge in [0.1, 0.15) is 0 Å². The second kappa shape index (κ2) is 8.63. The van der Waals surface area contributed by atoms with Crippen molar-refractivity contribution in [3.05, 3.63) is 83.9 Å². The van der Waals surface area contributed by atoms with Crippen LogP contribution in [0.4, 0.5) is 0 Å². The van der Waals surface area contributed by atoms with Crippen LogP contribution in [-0.2, 0) is 0 Å². The highest BCUT2D eigenvalue weighted by Gasteiger charge is 2.19. The van der Waals surface area contributed by atoms with Gasteiger partial charge in [0.15, 0.2) is 0 Å². The van der Waals surface area contributed by atoms with Crippen LogP contribution in [0.2, 0.25) is 0 Å². The molecule has 126 valence electrons. The number of rotatable bonds is 5. The van der Waals surface area contributed by atoms with Gasteiger partial charge in [-0.1, -0.05) is 82.7 Å². The van der Waals surface area contributed by atoms with Gasteiger partial charge in [-0.2, -0.15) is 0 Å². The molecule has 0 aliphatic heterocycles. The Kier molecular flexibility index (Phi) is 6.81. The van der Waals surface area contributed by atoms with E-state index < -0.39 is 6.10 Å². The summed E-state index contributed by atoms with van der Waals surface area (Å²) < 4.78 is 0. The quantitative estimate of drug-likeness (QED) is 0.441. The molecule has 4 heteroatoms. The lowest BCUT2D eigenvalue weighted by Gasteiger charge is -2.24. The lowest BCUT2D eigenvalue weighted by atomic mass is 10.0. The van der Waals surface area contributed by atoms with Crippen molar-refractivity contribution in [3.8, 4) is 0 Å². The van der Waals surface area contributed by atoms with E-state index in [0.717, 1.165) is 11.1 Å². The molecule has 3 atom stereocenters. The Morgan fingerprint density at radius 3 is 2.17 bits per heavy atom. The number of aliphatic hydroxyl groups is 1. The monoisotopic (exact) mass is 405 g/mol. The Morgan fingerprint density at radius 2 is 1.46 bits per heavy atom. The molecule has 24 heavy (non-hydrogen) atoms. The zero-order valence-electron chi connectivity index (χ0n) is 13.4. The predicted molar refractivity (Wildman–Crippen MR) is 107 cm³/mol. The Labute approximate surface area is 157 Å². The van der Waals surface area contributed by atoms with Crippen molar-refractivity contribution in [2.75, 3.05) is 0 Å². The van der Waals surface area contributed by atoms with Gasteiger partial charge in [-0.3, -0.25) is 5.32 Å². The normalized spacial score (nSPS) is 14.6. The summed E-state index contributed by atoms with van der Waals surface area (Å²) in [6, 6.07) is 24.4. The fraction of sp³-hybridized carbons (Fsp3) is 0.200. The molecule has 0 spiro atoms. The minimum atomic E-state index is -0.545. The minimum absolute atomic E-state index is 0. The minimum Gasteiger partial charge on any atom is -0.387 e. The molecule has 3 rings (SSSR count). The van der Waals surface area contributed by atoms with Crippen LogP contribution < -0.4 is 5.32 Å². The molecule has 0 saturated heterocycles. The summed E-state index contributed by atoms with van der Waals surface area (Å²) in [5.74, 6) is 0. The first kappa shape index (κ1) is 18.9. The molecule has 0 amide bonds. The fourth-order valence-corrected chi connectivity index (χ4v) is 3.42. The summed E-state index contributed by atoms with van der Waals surface area (Å²) in [6.07, 6.45) is -0.545. The average molecular weight is 407 g/mol. The van der Waals surface area contributed by atoms with Gasteiger partial charge in [-0.25, -0.2) is 0 Å². The van der Waals surface area contributed by atoms with E-state index in [4.69, 9.17) is 0 Å². The number of alkyl halides is 1. The smallest absolute Gasteiger partial charge is 0.0940 e. The molecule has 2 N–H and O–H groups in total. The third kappa shape index (κ3) is 4.37. The van der Waals surface area contributed by atoms with Crippen LogP contribution in [0.3, 0.4) is 0 Å². The van der Waals surface area contributed by atoms with Gasteiger partial charge < -0.3 is 5.11 Å². The lowest BCUT2D eigenvalue weighted by molar-refractivity contribution is 0.135. The molecule has 0 radical (unpaired) electrons. The largest absolute Gasteiger partial charge is 0.387 e. The summed E-state index contributed by atoms with van der Waals surface area (Å²) in [7, 11) is 0. The van der Waals surface area contributed by atoms with E-state index >= 15 is 0 Å². The van der Waals surface area contributed by atoms with Gasteiger partial charge in [0, 0.05) is 6.04 Å². The second-order valence-corrected chi connectivity index (χ2v) is 6.70. The Bertz CT molecular complexity index is 781. The van der Waals surface area contributed by atoms with Crippen molar-refractivity contribution >= 4 is 39.1 Å². The van der Waals surface area contributed by atoms with Gasteiger partial charge in [0.2, 0.25) is 0 Å². The number of aliphatic hydroxyl groups excluding tert-OH is 1. The predicted octanol–water partition coefficient (Wildman–Crippen LogP) is 5.37. The van der Waals surface area contributed by atoms with Gasteiger partial charge in [-0.15, -0.1) is 12.4 Å². The molecule has 0 aromatic heterocycles. The zero-order valence-corrected chi connectivity index (χ0v) is 15.8. The van der Waals surface area contributed by atoms with E-state index in [1.807, 2.05) is 49.4 Å². The number of fused-ring (bicyclic) bond motifs is 1. The molecule has 3 unspecified atom stereocenters. The maximum atomic E-state index is 10.5. The molecule has 0 saturated carbocycles. The number of hydrogen-bond acceptors (Lipinski definition) is 2. The lowest BCUT2D eigenvalue weighted by Crippen LogP contribution is -2.33. The Balaban J connectivity index is 0.00000208. The summed E-state index contributed by atoms with van der Waals surface area (Å²) in [5, 5.41) is 16.3. The third-order valence-electron chi connectivity index (χ3n) is 4.09. The number of halogens is 2. The van der Waals surface area contributed by atoms with E-state index in [1.54, 1.807) is 0 Å². The van der Waals surface area contributed by atoms with E-state index in [-0.39, 0.29) is 23.4 Å². The standard InChI is InChI=1S/C20H20BrNO.ClH/c1-14(19(23)16-8-3-2-4-9-16)22-20(21)18-12-11-15-7-5-6-10-17(15)13-18;/h2-14,19-20,22-23H,1H3;1H. The first-order valence-corrected chi connectivity index (χ1v) is 8.68. The van der Waals surface area contributed by atoms with E-state index in [2.05, 4.69) is 51.6 Å². The maximum absolute atomic E-state index is 10.5. The van der Waals surface area contributed by atoms with Crippen molar-refractivity contribution in [3.63, 3.8) is 0 Å². The van der Waals surface area contributed by atoms with Gasteiger partial charge in [0.25, 0.3) is 0 Å². The summed E-state index contributed by atoms with van der Waals surface area (Å²) in [6.45, 7) is 1.99. The van der Waals surface area contributed by atoms with Gasteiger partial charge >= 0.3 is 0 Å². The molecule has 0 aliphatic carbocycles. The van der Waals surface area contributed by atoms with Crippen LogP contribution in [0.25, 0.3) is 10.8 Å². The third-order valence-corrected chi connectivity index (χ3v) is 4.88. The molecule has 0 fully saturated rings. The summed E-state index contributed by atoms with van der Waals surface area (Å²) in [4.78, 5) is -0.0135. The van der Waals surface area contributed by atoms with Crippen LogP contribution in [0.1, 0.15) is 29.1 Å². The highest BCUT2D eigenvalue weighted by Crippen LogP contribution is 2.26. The Morgan fingerprint density at radius 1 is 0.833 bits per heavy atom. The van der Waals surface area contributed by atoms with Crippen LogP contribution >= 0.6 is 28.3 Å². The van der Waals surface area contributed by atoms with Crippen LogP contribution in [0.5, 0.6) is 0 Å². The topological polar surface area (TPSA) is 32.3 Å². The second-order valence-electron chi connectivity index (χ2n) is 5.78. The van der Waals surface area contributed by atoms with Crippen LogP contribution in [0, 0.1) is 0 Å². The van der Waals surface area contributed by atoms with Crippen molar-refractivity contribution in [2.24, 2.45) is 0 Å². The van der Waals surface area contributed by atoms with Crippen molar-refractivity contribution in [2.45, 2.75) is 24.0 Å². The molecular formula is C20H21BrClNO. The highest BCUT2D eigenvalue weighted by molar-refractivity contribution is 9.09. The molecule has 0 heterocycles. The van der Waals surface area contributed by atoms with Crippen LogP contribution in [-0.4, -0.2) is 11.1 Å². The molecule has 0 aliphatic rings. The van der Waals surface area contributed by atoms with Gasteiger partial charge in [-0.05, 0) is 34.9 Å². The highest BCUT2D eigenvalue weighted by atomic mass is 79.9. The molecular weight excluding hydrogens is 386 g/mol. The first-order valence-electron chi connectivity index (χ1n) is 7.77. The zero-order chi connectivity index (χ0) is 16.2. The van der Waals surface area contributed by atoms with Crippen LogP contribution in [0.15, 0.2) is 72.8 Å². The molecule has 2 nitrogen and oxygen atoms in total. The molecule has 0 bridgehead atoms. The number of hydrogen-bond donors (Lipinski definition) is 2. The maximum Gasteiger partial charge on any atom is 0.0940 e. The van der Waals surface area contributed by atoms with E-state index in [9.17, 15) is 5.11 Å². The Hall–Kier alpha value is -1.39. The summed E-state index contributed by atoms with van der Waals surface area (Å²) in [5.41, 5.74) is 2.07. The summed E-state index contributed by atoms with van der Waals surface area (Å²) >= 11 is 3.69. The van der Waals surface area contributed by atoms with Crippen molar-refractivity contribution < 1.29 is 5.11 Å². The van der Waals surface area contributed by atoms with Crippen molar-refractivity contribution in [1.82, 2.24) is 5.32 Å². The number of nitrogens with one attached hydrogen (secondary N) is 1. The van der Waals surface area contributed by atoms with Gasteiger partial charge in [0.05, 0.1) is 11.1 Å². The van der Waals surface area contributed by atoms with Crippen molar-refractivity contribution in [1.29, 1.82) is 0 Å². The van der Waals surface area contributed by atoms with E-state index in [0.29, 0.717) is 0 Å². The molecule has 3 aromatic rings. The first-order chi connectivity index (χ1) is 11.1.